The first-order valence-corrected chi connectivity index (χ1v) is 11.8. The van der Waals surface area contributed by atoms with Crippen LogP contribution in [0.25, 0.3) is 6.08 Å². The van der Waals surface area contributed by atoms with Gasteiger partial charge in [0, 0.05) is 5.57 Å². The summed E-state index contributed by atoms with van der Waals surface area (Å²) in [6, 6.07) is 15.0. The highest BCUT2D eigenvalue weighted by Crippen LogP contribution is 2.42. The molecule has 0 atom stereocenters. The van der Waals surface area contributed by atoms with Crippen molar-refractivity contribution in [3.05, 3.63) is 84.2 Å². The number of ether oxygens (including phenoxy) is 2. The van der Waals surface area contributed by atoms with Crippen LogP contribution in [0.2, 0.25) is 0 Å². The monoisotopic (exact) mass is 450 g/mol. The Bertz CT molecular complexity index is 968. The van der Waals surface area contributed by atoms with Crippen LogP contribution in [0.1, 0.15) is 76.3 Å². The zero-order valence-electron chi connectivity index (χ0n) is 19.9. The van der Waals surface area contributed by atoms with Crippen LogP contribution in [0.3, 0.4) is 0 Å². The smallest absolute Gasteiger partial charge is 0.333 e. The van der Waals surface area contributed by atoms with Gasteiger partial charge in [-0.05, 0) is 88.5 Å². The second-order valence-corrected chi connectivity index (χ2v) is 9.39. The molecule has 2 fully saturated rings. The maximum Gasteiger partial charge on any atom is 0.333 e. The van der Waals surface area contributed by atoms with E-state index in [1.807, 2.05) is 36.4 Å². The van der Waals surface area contributed by atoms with E-state index in [0.29, 0.717) is 11.3 Å². The quantitative estimate of drug-likeness (QED) is 0.333. The normalized spacial score (nSPS) is 18.0. The molecule has 2 aromatic rings. The van der Waals surface area contributed by atoms with Gasteiger partial charge in [0.2, 0.25) is 0 Å². The summed E-state index contributed by atoms with van der Waals surface area (Å²) in [6.07, 6.45) is 10.0. The van der Waals surface area contributed by atoms with Crippen molar-refractivity contribution in [3.8, 4) is 5.75 Å². The minimum Gasteiger partial charge on any atom is -0.485 e. The average Bonchev–Trinajstić information content (AvgIpc) is 3.46. The summed E-state index contributed by atoms with van der Waals surface area (Å²) >= 11 is 0. The van der Waals surface area contributed by atoms with Crippen molar-refractivity contribution < 1.29 is 18.7 Å². The Labute approximate surface area is 197 Å². The van der Waals surface area contributed by atoms with E-state index in [2.05, 4.69) is 20.1 Å². The second-order valence-electron chi connectivity index (χ2n) is 9.39. The zero-order valence-corrected chi connectivity index (χ0v) is 19.9. The van der Waals surface area contributed by atoms with Crippen LogP contribution in [0, 0.1) is 5.82 Å². The Hall–Kier alpha value is -2.88. The van der Waals surface area contributed by atoms with Gasteiger partial charge >= 0.3 is 5.97 Å². The summed E-state index contributed by atoms with van der Waals surface area (Å²) in [4.78, 5) is 11.8. The van der Waals surface area contributed by atoms with Gasteiger partial charge in [-0.2, -0.15) is 0 Å². The Kier molecular flexibility index (Phi) is 8.12. The molecule has 0 saturated heterocycles. The predicted molar refractivity (Wildman–Crippen MR) is 131 cm³/mol. The van der Waals surface area contributed by atoms with Gasteiger partial charge in [0.1, 0.15) is 11.2 Å². The fraction of sp³-hybridized carbons (Fsp3) is 0.414. The molecule has 2 aliphatic carbocycles. The Balaban J connectivity index is 0.000000186. The molecule has 2 saturated carbocycles. The Morgan fingerprint density at radius 3 is 2.15 bits per heavy atom. The highest BCUT2D eigenvalue weighted by atomic mass is 19.1. The fourth-order valence-corrected chi connectivity index (χ4v) is 4.62. The van der Waals surface area contributed by atoms with E-state index >= 15 is 0 Å². The third-order valence-electron chi connectivity index (χ3n) is 6.56. The molecule has 2 aromatic carbocycles. The van der Waals surface area contributed by atoms with Crippen molar-refractivity contribution >= 4 is 12.0 Å². The van der Waals surface area contributed by atoms with Crippen LogP contribution >= 0.6 is 0 Å². The molecule has 0 heterocycles. The van der Waals surface area contributed by atoms with E-state index in [1.54, 1.807) is 19.1 Å². The molecular formula is C29H35FO3. The van der Waals surface area contributed by atoms with Crippen molar-refractivity contribution in [2.75, 3.05) is 0 Å². The standard InChI is InChI=1S/C15H18O2.C14H17FO/c1-12(2)14(16)17-15(10-6-7-11-15)13-8-4-3-5-9-13;1-3-11-6-7-13(12(15)10-11)16-14(2)8-4-5-9-14/h3-5,8-9H,1,6-7,10-11H2,2H3;3,6-7,10H,1,4-5,8-9H2,2H3. The molecule has 4 heteroatoms. The van der Waals surface area contributed by atoms with Crippen LogP contribution in [-0.4, -0.2) is 11.6 Å². The SMILES string of the molecule is C=C(C)C(=O)OC1(c2ccccc2)CCCC1.C=Cc1ccc(OC2(C)CCCC2)c(F)c1. The predicted octanol–water partition coefficient (Wildman–Crippen LogP) is 7.76. The molecule has 33 heavy (non-hydrogen) atoms. The van der Waals surface area contributed by atoms with E-state index in [4.69, 9.17) is 9.47 Å². The molecule has 0 N–H and O–H groups in total. The molecule has 3 nitrogen and oxygen atoms in total. The maximum atomic E-state index is 13.7. The van der Waals surface area contributed by atoms with Crippen LogP contribution in [0.4, 0.5) is 4.39 Å². The summed E-state index contributed by atoms with van der Waals surface area (Å²) in [5, 5.41) is 0. The lowest BCUT2D eigenvalue weighted by atomic mass is 9.92. The Morgan fingerprint density at radius 1 is 1.00 bits per heavy atom. The number of benzene rings is 2. The summed E-state index contributed by atoms with van der Waals surface area (Å²) < 4.78 is 25.2. The first kappa shape index (κ1) is 24.8. The van der Waals surface area contributed by atoms with Gasteiger partial charge in [-0.3, -0.25) is 0 Å². The number of hydrogen-bond donors (Lipinski definition) is 0. The van der Waals surface area contributed by atoms with Crippen molar-refractivity contribution in [2.45, 2.75) is 76.4 Å². The molecule has 0 aromatic heterocycles. The number of carbonyl (C=O) groups is 1. The molecule has 0 amide bonds. The fourth-order valence-electron chi connectivity index (χ4n) is 4.62. The molecule has 0 aliphatic heterocycles. The average molecular weight is 451 g/mol. The zero-order chi connectivity index (χ0) is 23.9. The van der Waals surface area contributed by atoms with Gasteiger partial charge in [-0.25, -0.2) is 9.18 Å². The third-order valence-corrected chi connectivity index (χ3v) is 6.56. The van der Waals surface area contributed by atoms with Crippen LogP contribution in [-0.2, 0) is 15.1 Å². The second kappa shape index (κ2) is 10.8. The molecular weight excluding hydrogens is 415 g/mol. The van der Waals surface area contributed by atoms with Gasteiger partial charge in [0.15, 0.2) is 11.6 Å². The minimum absolute atomic E-state index is 0.184. The number of rotatable bonds is 6. The van der Waals surface area contributed by atoms with Crippen LogP contribution < -0.4 is 4.74 Å². The van der Waals surface area contributed by atoms with Crippen molar-refractivity contribution in [2.24, 2.45) is 0 Å². The summed E-state index contributed by atoms with van der Waals surface area (Å²) in [5.41, 5.74) is 1.74. The molecule has 0 spiro atoms. The molecule has 0 bridgehead atoms. The Morgan fingerprint density at radius 2 is 1.61 bits per heavy atom. The molecule has 2 aliphatic rings. The van der Waals surface area contributed by atoms with E-state index in [1.165, 1.54) is 18.9 Å². The summed E-state index contributed by atoms with van der Waals surface area (Å²) in [6.45, 7) is 11.0. The van der Waals surface area contributed by atoms with Crippen molar-refractivity contribution in [1.82, 2.24) is 0 Å². The molecule has 4 rings (SSSR count). The van der Waals surface area contributed by atoms with E-state index in [-0.39, 0.29) is 17.4 Å². The summed E-state index contributed by atoms with van der Waals surface area (Å²) in [5.74, 6) is -0.226. The lowest BCUT2D eigenvalue weighted by Gasteiger charge is -2.29. The van der Waals surface area contributed by atoms with Gasteiger partial charge < -0.3 is 9.47 Å². The lowest BCUT2D eigenvalue weighted by molar-refractivity contribution is -0.155. The molecule has 0 unspecified atom stereocenters. The van der Waals surface area contributed by atoms with Gasteiger partial charge in [-0.1, -0.05) is 55.6 Å². The van der Waals surface area contributed by atoms with Crippen LogP contribution in [0.15, 0.2) is 67.3 Å². The molecule has 176 valence electrons. The van der Waals surface area contributed by atoms with E-state index < -0.39 is 5.60 Å². The third kappa shape index (κ3) is 6.34. The van der Waals surface area contributed by atoms with Gasteiger partial charge in [0.05, 0.1) is 0 Å². The number of carbonyl (C=O) groups excluding carboxylic acids is 1. The number of esters is 1. The first-order valence-electron chi connectivity index (χ1n) is 11.8. The van der Waals surface area contributed by atoms with Crippen molar-refractivity contribution in [1.29, 1.82) is 0 Å². The van der Waals surface area contributed by atoms with Crippen LogP contribution in [0.5, 0.6) is 5.75 Å². The highest BCUT2D eigenvalue weighted by molar-refractivity contribution is 5.87. The van der Waals surface area contributed by atoms with Gasteiger partial charge in [0.25, 0.3) is 0 Å². The minimum atomic E-state index is -0.419. The van der Waals surface area contributed by atoms with E-state index in [9.17, 15) is 9.18 Å². The first-order chi connectivity index (χ1) is 15.8. The largest absolute Gasteiger partial charge is 0.485 e. The van der Waals surface area contributed by atoms with Gasteiger partial charge in [-0.15, -0.1) is 0 Å². The van der Waals surface area contributed by atoms with Crippen molar-refractivity contribution in [3.63, 3.8) is 0 Å². The topological polar surface area (TPSA) is 35.5 Å². The lowest BCUT2D eigenvalue weighted by Crippen LogP contribution is -2.29. The number of hydrogen-bond acceptors (Lipinski definition) is 3. The van der Waals surface area contributed by atoms with E-state index in [0.717, 1.165) is 49.7 Å². The maximum absolute atomic E-state index is 13.7. The highest BCUT2D eigenvalue weighted by Gasteiger charge is 2.39. The molecule has 0 radical (unpaired) electrons. The number of halogens is 1. The summed E-state index contributed by atoms with van der Waals surface area (Å²) in [7, 11) is 0.